The van der Waals surface area contributed by atoms with Crippen LogP contribution in [0.1, 0.15) is 28.4 Å². The summed E-state index contributed by atoms with van der Waals surface area (Å²) in [6.45, 7) is 0. The minimum atomic E-state index is -5.08. The van der Waals surface area contributed by atoms with Gasteiger partial charge in [0.15, 0.2) is 0 Å². The first-order chi connectivity index (χ1) is 12.3. The molecular weight excluding hydrogens is 349 g/mol. The third kappa shape index (κ3) is 4.92. The summed E-state index contributed by atoms with van der Waals surface area (Å²) in [5.41, 5.74) is 1.78. The molecule has 2 aromatic rings. The molecule has 0 radical (unpaired) electrons. The van der Waals surface area contributed by atoms with E-state index in [9.17, 15) is 18.0 Å². The van der Waals surface area contributed by atoms with E-state index < -0.39 is 12.1 Å². The van der Waals surface area contributed by atoms with Crippen molar-refractivity contribution < 1.29 is 27.9 Å². The van der Waals surface area contributed by atoms with Crippen molar-refractivity contribution >= 4 is 18.1 Å². The summed E-state index contributed by atoms with van der Waals surface area (Å²) in [6, 6.07) is 19.3. The van der Waals surface area contributed by atoms with Gasteiger partial charge in [0, 0.05) is 18.2 Å². The Morgan fingerprint density at radius 3 is 2.00 bits per heavy atom. The van der Waals surface area contributed by atoms with Crippen LogP contribution in [0.15, 0.2) is 65.8 Å². The molecule has 8 heteroatoms. The summed E-state index contributed by atoms with van der Waals surface area (Å²) >= 11 is 0. The Bertz CT molecular complexity index is 777. The number of carbonyl (C=O) groups is 2. The molecule has 0 bridgehead atoms. The Labute approximate surface area is 147 Å². The lowest BCUT2D eigenvalue weighted by Crippen LogP contribution is -2.27. The third-order valence-electron chi connectivity index (χ3n) is 3.49. The number of carboxylic acid groups (broad SMARTS) is 1. The van der Waals surface area contributed by atoms with Crippen molar-refractivity contribution in [1.29, 1.82) is 0 Å². The molecule has 1 N–H and O–H groups in total. The average Bonchev–Trinajstić information content (AvgIpc) is 3.12. The number of rotatable bonds is 2. The van der Waals surface area contributed by atoms with Gasteiger partial charge in [0.2, 0.25) is 0 Å². The molecule has 5 nitrogen and oxygen atoms in total. The van der Waals surface area contributed by atoms with Crippen molar-refractivity contribution in [3.63, 3.8) is 0 Å². The normalized spacial score (nSPS) is 16.0. The van der Waals surface area contributed by atoms with Gasteiger partial charge in [0.05, 0.1) is 6.04 Å². The number of hydrogen-bond donors (Lipinski definition) is 1. The quantitative estimate of drug-likeness (QED) is 0.879. The Morgan fingerprint density at radius 1 is 1.00 bits per heavy atom. The first kappa shape index (κ1) is 19.2. The molecule has 136 valence electrons. The number of halogens is 3. The van der Waals surface area contributed by atoms with Crippen molar-refractivity contribution in [3.05, 3.63) is 71.8 Å². The minimum Gasteiger partial charge on any atom is -0.475 e. The number of aliphatic carboxylic acids is 1. The second kappa shape index (κ2) is 8.28. The molecular formula is C18H15F3N2O3. The molecule has 0 fully saturated rings. The molecule has 2 aromatic carbocycles. The van der Waals surface area contributed by atoms with E-state index in [1.54, 1.807) is 11.2 Å². The van der Waals surface area contributed by atoms with Crippen LogP contribution in [-0.2, 0) is 4.79 Å². The number of carboxylic acids is 1. The fourth-order valence-corrected chi connectivity index (χ4v) is 2.27. The van der Waals surface area contributed by atoms with Gasteiger partial charge in [-0.3, -0.25) is 4.79 Å². The van der Waals surface area contributed by atoms with E-state index in [0.717, 1.165) is 12.0 Å². The van der Waals surface area contributed by atoms with Gasteiger partial charge in [-0.2, -0.15) is 18.3 Å². The lowest BCUT2D eigenvalue weighted by molar-refractivity contribution is -0.192. The summed E-state index contributed by atoms with van der Waals surface area (Å²) in [5, 5.41) is 12.9. The average molecular weight is 364 g/mol. The maximum Gasteiger partial charge on any atom is 0.490 e. The molecule has 1 aliphatic heterocycles. The number of hydrogen-bond acceptors (Lipinski definition) is 3. The Morgan fingerprint density at radius 2 is 1.50 bits per heavy atom. The van der Waals surface area contributed by atoms with Gasteiger partial charge in [0.25, 0.3) is 5.91 Å². The van der Waals surface area contributed by atoms with Gasteiger partial charge in [-0.25, -0.2) is 9.80 Å². The van der Waals surface area contributed by atoms with Crippen molar-refractivity contribution in [2.45, 2.75) is 18.6 Å². The van der Waals surface area contributed by atoms with Crippen LogP contribution in [0.2, 0.25) is 0 Å². The van der Waals surface area contributed by atoms with Crippen LogP contribution in [0.3, 0.4) is 0 Å². The van der Waals surface area contributed by atoms with Crippen LogP contribution in [0, 0.1) is 0 Å². The van der Waals surface area contributed by atoms with Crippen molar-refractivity contribution in [3.8, 4) is 0 Å². The van der Waals surface area contributed by atoms with Gasteiger partial charge in [-0.1, -0.05) is 48.5 Å². The summed E-state index contributed by atoms with van der Waals surface area (Å²) in [5.74, 6) is -2.81. The van der Waals surface area contributed by atoms with E-state index in [0.29, 0.717) is 5.56 Å². The van der Waals surface area contributed by atoms with Crippen LogP contribution < -0.4 is 0 Å². The maximum absolute atomic E-state index is 12.4. The standard InChI is InChI=1S/C16H14N2O.C2HF3O2/c19-16(14-9-5-2-6-10-14)18-15(11-12-17-18)13-7-3-1-4-8-13;3-2(4,5)1(6)7/h1-10,12,15H,11H2;(H,6,7). The lowest BCUT2D eigenvalue weighted by atomic mass is 10.0. The minimum absolute atomic E-state index is 0.00825. The van der Waals surface area contributed by atoms with Gasteiger partial charge < -0.3 is 5.11 Å². The van der Waals surface area contributed by atoms with E-state index in [1.807, 2.05) is 60.7 Å². The van der Waals surface area contributed by atoms with E-state index in [-0.39, 0.29) is 11.9 Å². The van der Waals surface area contributed by atoms with E-state index in [4.69, 9.17) is 9.90 Å². The van der Waals surface area contributed by atoms with E-state index in [2.05, 4.69) is 5.10 Å². The van der Waals surface area contributed by atoms with Crippen LogP contribution in [0.4, 0.5) is 13.2 Å². The molecule has 1 aliphatic rings. The molecule has 1 amide bonds. The maximum atomic E-state index is 12.4. The number of amides is 1. The molecule has 0 aliphatic carbocycles. The predicted molar refractivity (Wildman–Crippen MR) is 88.6 cm³/mol. The molecule has 1 heterocycles. The number of alkyl halides is 3. The van der Waals surface area contributed by atoms with Gasteiger partial charge in [-0.05, 0) is 17.7 Å². The summed E-state index contributed by atoms with van der Waals surface area (Å²) in [7, 11) is 0. The summed E-state index contributed by atoms with van der Waals surface area (Å²) in [4.78, 5) is 21.3. The fourth-order valence-electron chi connectivity index (χ4n) is 2.27. The van der Waals surface area contributed by atoms with Crippen LogP contribution in [0.5, 0.6) is 0 Å². The molecule has 1 atom stereocenters. The summed E-state index contributed by atoms with van der Waals surface area (Å²) < 4.78 is 31.7. The van der Waals surface area contributed by atoms with E-state index >= 15 is 0 Å². The third-order valence-corrected chi connectivity index (χ3v) is 3.49. The Kier molecular flexibility index (Phi) is 6.11. The molecule has 0 spiro atoms. The second-order valence-electron chi connectivity index (χ2n) is 5.28. The van der Waals surface area contributed by atoms with Crippen LogP contribution in [0.25, 0.3) is 0 Å². The molecule has 3 rings (SSSR count). The topological polar surface area (TPSA) is 70.0 Å². The molecule has 1 unspecified atom stereocenters. The van der Waals surface area contributed by atoms with Gasteiger partial charge in [0.1, 0.15) is 0 Å². The number of benzene rings is 2. The summed E-state index contributed by atoms with van der Waals surface area (Å²) in [6.07, 6.45) is -2.51. The Balaban J connectivity index is 0.000000298. The Hall–Kier alpha value is -3.16. The second-order valence-corrected chi connectivity index (χ2v) is 5.28. The van der Waals surface area contributed by atoms with Crippen molar-refractivity contribution in [1.82, 2.24) is 5.01 Å². The first-order valence-corrected chi connectivity index (χ1v) is 7.57. The van der Waals surface area contributed by atoms with E-state index in [1.165, 1.54) is 0 Å². The number of nitrogens with zero attached hydrogens (tertiary/aromatic N) is 2. The zero-order chi connectivity index (χ0) is 19.2. The van der Waals surface area contributed by atoms with Crippen molar-refractivity contribution in [2.75, 3.05) is 0 Å². The monoisotopic (exact) mass is 364 g/mol. The number of carbonyl (C=O) groups excluding carboxylic acids is 1. The molecule has 0 aromatic heterocycles. The first-order valence-electron chi connectivity index (χ1n) is 7.57. The highest BCUT2D eigenvalue weighted by atomic mass is 19.4. The van der Waals surface area contributed by atoms with Gasteiger partial charge >= 0.3 is 12.1 Å². The zero-order valence-electron chi connectivity index (χ0n) is 13.4. The predicted octanol–water partition coefficient (Wildman–Crippen LogP) is 3.89. The van der Waals surface area contributed by atoms with Crippen molar-refractivity contribution in [2.24, 2.45) is 5.10 Å². The largest absolute Gasteiger partial charge is 0.490 e. The highest BCUT2D eigenvalue weighted by Gasteiger charge is 2.38. The smallest absolute Gasteiger partial charge is 0.475 e. The highest BCUT2D eigenvalue weighted by Crippen LogP contribution is 2.29. The highest BCUT2D eigenvalue weighted by molar-refractivity contribution is 5.95. The van der Waals surface area contributed by atoms with Crippen LogP contribution >= 0.6 is 0 Å². The molecule has 26 heavy (non-hydrogen) atoms. The SMILES string of the molecule is O=C(O)C(F)(F)F.O=C(c1ccccc1)N1N=CCC1c1ccccc1. The zero-order valence-corrected chi connectivity index (χ0v) is 13.4. The number of hydrazone groups is 1. The lowest BCUT2D eigenvalue weighted by Gasteiger charge is -2.22. The molecule has 0 saturated carbocycles. The van der Waals surface area contributed by atoms with Gasteiger partial charge in [-0.15, -0.1) is 0 Å². The molecule has 0 saturated heterocycles. The van der Waals surface area contributed by atoms with Crippen LogP contribution in [-0.4, -0.2) is 34.4 Å². The fraction of sp³-hybridized carbons (Fsp3) is 0.167.